The Morgan fingerprint density at radius 2 is 1.69 bits per heavy atom. The van der Waals surface area contributed by atoms with E-state index in [2.05, 4.69) is 5.32 Å². The lowest BCUT2D eigenvalue weighted by Crippen LogP contribution is -2.21. The van der Waals surface area contributed by atoms with Crippen LogP contribution in [0.15, 0.2) is 72.8 Å². The fraction of sp³-hybridized carbons (Fsp3) is 0.250. The van der Waals surface area contributed by atoms with E-state index in [-0.39, 0.29) is 12.6 Å². The maximum Gasteiger partial charge on any atom is 0.132 e. The molecule has 3 aromatic rings. The molecule has 0 spiro atoms. The van der Waals surface area contributed by atoms with Crippen molar-refractivity contribution in [3.8, 4) is 22.6 Å². The van der Waals surface area contributed by atoms with Crippen LogP contribution in [0.5, 0.6) is 11.5 Å². The van der Waals surface area contributed by atoms with Crippen molar-refractivity contribution in [2.75, 3.05) is 26.1 Å². The first-order valence-electron chi connectivity index (χ1n) is 9.63. The summed E-state index contributed by atoms with van der Waals surface area (Å²) >= 11 is 5.85. The zero-order valence-electron chi connectivity index (χ0n) is 16.5. The van der Waals surface area contributed by atoms with Crippen LogP contribution in [0.4, 0.5) is 0 Å². The summed E-state index contributed by atoms with van der Waals surface area (Å²) in [4.78, 5) is 0. The number of likely N-dealkylation sites (N-methyl/N-ethyl adjacent to an activating group) is 1. The summed E-state index contributed by atoms with van der Waals surface area (Å²) in [5, 5.41) is 12.8. The second-order valence-electron chi connectivity index (χ2n) is 6.58. The minimum Gasteiger partial charge on any atom is -0.491 e. The van der Waals surface area contributed by atoms with Gasteiger partial charge in [-0.05, 0) is 30.3 Å². The van der Waals surface area contributed by atoms with Crippen LogP contribution in [0.25, 0.3) is 11.1 Å². The molecule has 1 atom stereocenters. The van der Waals surface area contributed by atoms with Crippen molar-refractivity contribution >= 4 is 11.6 Å². The number of benzene rings is 3. The molecule has 0 bridgehead atoms. The lowest BCUT2D eigenvalue weighted by Gasteiger charge is -2.21. The monoisotopic (exact) mass is 411 g/mol. The molecule has 2 N–H and O–H groups in total. The second kappa shape index (κ2) is 10.9. The molecule has 152 valence electrons. The van der Waals surface area contributed by atoms with E-state index in [1.807, 2.05) is 79.8 Å². The van der Waals surface area contributed by atoms with Gasteiger partial charge in [-0.3, -0.25) is 0 Å². The third kappa shape index (κ3) is 5.51. The van der Waals surface area contributed by atoms with Crippen LogP contribution in [-0.4, -0.2) is 31.2 Å². The largest absolute Gasteiger partial charge is 0.491 e. The Morgan fingerprint density at radius 3 is 2.34 bits per heavy atom. The Labute approximate surface area is 177 Å². The van der Waals surface area contributed by atoms with Crippen molar-refractivity contribution in [2.24, 2.45) is 0 Å². The molecule has 0 aromatic heterocycles. The van der Waals surface area contributed by atoms with Gasteiger partial charge in [0.1, 0.15) is 24.7 Å². The number of para-hydroxylation sites is 1. The van der Waals surface area contributed by atoms with Crippen molar-refractivity contribution in [3.05, 3.63) is 83.9 Å². The fourth-order valence-corrected chi connectivity index (χ4v) is 3.25. The van der Waals surface area contributed by atoms with E-state index in [0.717, 1.165) is 33.8 Å². The van der Waals surface area contributed by atoms with Crippen molar-refractivity contribution in [3.63, 3.8) is 0 Å². The Balaban J connectivity index is 1.84. The summed E-state index contributed by atoms with van der Waals surface area (Å²) in [5.74, 6) is 1.93. The molecule has 0 radical (unpaired) electrons. The minimum atomic E-state index is -0.214. The molecule has 0 heterocycles. The van der Waals surface area contributed by atoms with Gasteiger partial charge in [0.2, 0.25) is 0 Å². The number of alkyl halides is 1. The Hall–Kier alpha value is -2.53. The molecule has 0 fully saturated rings. The molecule has 0 aliphatic rings. The highest BCUT2D eigenvalue weighted by atomic mass is 35.5. The molecule has 0 amide bonds. The van der Waals surface area contributed by atoms with Crippen molar-refractivity contribution < 1.29 is 14.6 Å². The summed E-state index contributed by atoms with van der Waals surface area (Å²) in [7, 11) is 1.82. The van der Waals surface area contributed by atoms with Gasteiger partial charge in [-0.2, -0.15) is 0 Å². The molecule has 4 nitrogen and oxygen atoms in total. The fourth-order valence-electron chi connectivity index (χ4n) is 3.18. The first kappa shape index (κ1) is 21.2. The standard InChI is InChI=1S/C24H26ClNO3/c1-26-23(16-27)22-9-5-8-21(24(22)28-15-14-25)19-10-12-20(13-11-19)29-17-18-6-3-2-4-7-18/h2-13,23,26-27H,14-17H2,1H3. The predicted octanol–water partition coefficient (Wildman–Crippen LogP) is 4.80. The van der Waals surface area contributed by atoms with E-state index < -0.39 is 0 Å². The van der Waals surface area contributed by atoms with Crippen molar-refractivity contribution in [2.45, 2.75) is 12.6 Å². The average Bonchev–Trinajstić information content (AvgIpc) is 2.78. The summed E-state index contributed by atoms with van der Waals surface area (Å²) in [6, 6.07) is 23.7. The molecule has 0 aliphatic carbocycles. The third-order valence-corrected chi connectivity index (χ3v) is 4.84. The first-order chi connectivity index (χ1) is 14.3. The molecule has 0 aliphatic heterocycles. The lowest BCUT2D eigenvalue weighted by molar-refractivity contribution is 0.245. The number of hydrogen-bond donors (Lipinski definition) is 2. The van der Waals surface area contributed by atoms with Crippen LogP contribution in [0.3, 0.4) is 0 Å². The Bertz CT molecular complexity index is 880. The molecule has 3 aromatic carbocycles. The zero-order chi connectivity index (χ0) is 20.5. The average molecular weight is 412 g/mol. The SMILES string of the molecule is CNC(CO)c1cccc(-c2ccc(OCc3ccccc3)cc2)c1OCCCl. The van der Waals surface area contributed by atoms with Crippen LogP contribution >= 0.6 is 11.6 Å². The smallest absolute Gasteiger partial charge is 0.132 e. The zero-order valence-corrected chi connectivity index (χ0v) is 17.2. The number of aliphatic hydroxyl groups is 1. The summed E-state index contributed by atoms with van der Waals surface area (Å²) < 4.78 is 11.9. The Morgan fingerprint density at radius 1 is 0.931 bits per heavy atom. The van der Waals surface area contributed by atoms with Crippen LogP contribution in [0, 0.1) is 0 Å². The number of rotatable bonds is 10. The van der Waals surface area contributed by atoms with E-state index in [4.69, 9.17) is 21.1 Å². The Kier molecular flexibility index (Phi) is 7.94. The number of hydrogen-bond acceptors (Lipinski definition) is 4. The van der Waals surface area contributed by atoms with Gasteiger partial charge >= 0.3 is 0 Å². The van der Waals surface area contributed by atoms with Gasteiger partial charge in [0.15, 0.2) is 0 Å². The highest BCUT2D eigenvalue weighted by Crippen LogP contribution is 2.37. The number of halogens is 1. The van der Waals surface area contributed by atoms with Crippen LogP contribution in [-0.2, 0) is 6.61 Å². The third-order valence-electron chi connectivity index (χ3n) is 4.69. The van der Waals surface area contributed by atoms with Gasteiger partial charge < -0.3 is 19.9 Å². The molecule has 29 heavy (non-hydrogen) atoms. The molecule has 5 heteroatoms. The van der Waals surface area contributed by atoms with Crippen molar-refractivity contribution in [1.82, 2.24) is 5.32 Å². The minimum absolute atomic E-state index is 0.0244. The molecule has 3 rings (SSSR count). The predicted molar refractivity (Wildman–Crippen MR) is 118 cm³/mol. The molecule has 1 unspecified atom stereocenters. The summed E-state index contributed by atoms with van der Waals surface area (Å²) in [6.07, 6.45) is 0. The van der Waals surface area contributed by atoms with E-state index in [9.17, 15) is 5.11 Å². The van der Waals surface area contributed by atoms with Gasteiger partial charge in [-0.25, -0.2) is 0 Å². The van der Waals surface area contributed by atoms with Gasteiger partial charge in [0, 0.05) is 11.1 Å². The maximum absolute atomic E-state index is 9.72. The quantitative estimate of drug-likeness (QED) is 0.470. The van der Waals surface area contributed by atoms with Crippen LogP contribution in [0.1, 0.15) is 17.2 Å². The van der Waals surface area contributed by atoms with Crippen LogP contribution < -0.4 is 14.8 Å². The molecular weight excluding hydrogens is 386 g/mol. The highest BCUT2D eigenvalue weighted by Gasteiger charge is 2.18. The highest BCUT2D eigenvalue weighted by molar-refractivity contribution is 6.18. The van der Waals surface area contributed by atoms with Crippen LogP contribution in [0.2, 0.25) is 0 Å². The van der Waals surface area contributed by atoms with E-state index in [1.165, 1.54) is 0 Å². The van der Waals surface area contributed by atoms with E-state index in [0.29, 0.717) is 19.1 Å². The van der Waals surface area contributed by atoms with Gasteiger partial charge in [0.25, 0.3) is 0 Å². The molecular formula is C24H26ClNO3. The molecule has 0 saturated carbocycles. The molecule has 0 saturated heterocycles. The van der Waals surface area contributed by atoms with Gasteiger partial charge in [0.05, 0.1) is 18.5 Å². The normalized spacial score (nSPS) is 11.8. The summed E-state index contributed by atoms with van der Waals surface area (Å²) in [6.45, 7) is 0.898. The first-order valence-corrected chi connectivity index (χ1v) is 10.2. The number of nitrogens with one attached hydrogen (secondary N) is 1. The van der Waals surface area contributed by atoms with Gasteiger partial charge in [-0.15, -0.1) is 11.6 Å². The summed E-state index contributed by atoms with van der Waals surface area (Å²) in [5.41, 5.74) is 4.00. The topological polar surface area (TPSA) is 50.7 Å². The second-order valence-corrected chi connectivity index (χ2v) is 6.96. The van der Waals surface area contributed by atoms with Gasteiger partial charge in [-0.1, -0.05) is 60.7 Å². The number of aliphatic hydroxyl groups excluding tert-OH is 1. The lowest BCUT2D eigenvalue weighted by atomic mass is 9.97. The maximum atomic E-state index is 9.72. The van der Waals surface area contributed by atoms with Crippen molar-refractivity contribution in [1.29, 1.82) is 0 Å². The van der Waals surface area contributed by atoms with E-state index >= 15 is 0 Å². The number of ether oxygens (including phenoxy) is 2. The van der Waals surface area contributed by atoms with E-state index in [1.54, 1.807) is 0 Å².